The summed E-state index contributed by atoms with van der Waals surface area (Å²) in [6, 6.07) is -0.311. The lowest BCUT2D eigenvalue weighted by molar-refractivity contribution is -0.155. The van der Waals surface area contributed by atoms with Crippen molar-refractivity contribution in [2.24, 2.45) is 5.92 Å². The molecule has 0 aromatic carbocycles. The maximum atomic E-state index is 12.4. The molecule has 0 spiro atoms. The molecule has 2 amide bonds. The molecule has 8 nitrogen and oxygen atoms in total. The number of esters is 1. The van der Waals surface area contributed by atoms with Gasteiger partial charge in [0.1, 0.15) is 5.60 Å². The third kappa shape index (κ3) is 8.83. The van der Waals surface area contributed by atoms with Gasteiger partial charge in [0.05, 0.1) is 13.0 Å². The van der Waals surface area contributed by atoms with Crippen molar-refractivity contribution in [1.82, 2.24) is 20.8 Å². The lowest BCUT2D eigenvalue weighted by atomic mass is 9.84. The molecule has 1 atom stereocenters. The first kappa shape index (κ1) is 23.2. The van der Waals surface area contributed by atoms with Crippen LogP contribution in [-0.2, 0) is 16.1 Å². The molecule has 1 aromatic heterocycles. The molecule has 8 heteroatoms. The number of aromatic nitrogens is 2. The highest BCUT2D eigenvalue weighted by Gasteiger charge is 2.26. The van der Waals surface area contributed by atoms with E-state index < -0.39 is 5.60 Å². The summed E-state index contributed by atoms with van der Waals surface area (Å²) in [5, 5.41) is 9.05. The van der Waals surface area contributed by atoms with Gasteiger partial charge in [-0.15, -0.1) is 0 Å². The number of carbonyl (C=O) groups excluding carboxylic acids is 2. The topological polar surface area (TPSA) is 106 Å². The minimum Gasteiger partial charge on any atom is -0.460 e. The van der Waals surface area contributed by atoms with Crippen molar-refractivity contribution >= 4 is 12.0 Å². The first-order valence-electron chi connectivity index (χ1n) is 10.8. The van der Waals surface area contributed by atoms with Gasteiger partial charge in [-0.05, 0) is 33.1 Å². The highest BCUT2D eigenvalue weighted by molar-refractivity contribution is 5.73. The van der Waals surface area contributed by atoms with Gasteiger partial charge in [0.2, 0.25) is 5.89 Å². The molecular formula is C21H36N4O4. The second-order valence-corrected chi connectivity index (χ2v) is 8.90. The summed E-state index contributed by atoms with van der Waals surface area (Å²) in [6.07, 6.45) is 9.85. The monoisotopic (exact) mass is 408 g/mol. The number of hydrogen-bond acceptors (Lipinski definition) is 6. The Bertz CT molecular complexity index is 647. The molecule has 0 bridgehead atoms. The molecule has 0 saturated heterocycles. The number of ether oxygens (including phenoxy) is 1. The fourth-order valence-electron chi connectivity index (χ4n) is 3.78. The molecule has 1 fully saturated rings. The van der Waals surface area contributed by atoms with Crippen molar-refractivity contribution in [2.45, 2.75) is 96.6 Å². The van der Waals surface area contributed by atoms with Gasteiger partial charge in [-0.1, -0.05) is 50.1 Å². The third-order valence-corrected chi connectivity index (χ3v) is 5.19. The zero-order valence-corrected chi connectivity index (χ0v) is 18.3. The lowest BCUT2D eigenvalue weighted by Gasteiger charge is -2.23. The summed E-state index contributed by atoms with van der Waals surface area (Å²) in [5.41, 5.74) is -0.527. The van der Waals surface area contributed by atoms with Crippen LogP contribution in [0.2, 0.25) is 0 Å². The van der Waals surface area contributed by atoms with E-state index in [2.05, 4.69) is 20.8 Å². The zero-order valence-electron chi connectivity index (χ0n) is 18.3. The number of carbonyl (C=O) groups is 2. The lowest BCUT2D eigenvalue weighted by Crippen LogP contribution is -2.32. The van der Waals surface area contributed by atoms with Crippen LogP contribution < -0.4 is 10.6 Å². The first-order valence-corrected chi connectivity index (χ1v) is 10.8. The van der Waals surface area contributed by atoms with Crippen LogP contribution in [0.25, 0.3) is 0 Å². The van der Waals surface area contributed by atoms with E-state index >= 15 is 0 Å². The van der Waals surface area contributed by atoms with Gasteiger partial charge >= 0.3 is 12.0 Å². The van der Waals surface area contributed by atoms with E-state index in [1.807, 2.05) is 20.8 Å². The number of amides is 2. The van der Waals surface area contributed by atoms with Gasteiger partial charge in [0.15, 0.2) is 5.82 Å². The number of urea groups is 1. The molecule has 1 saturated carbocycles. The van der Waals surface area contributed by atoms with Crippen molar-refractivity contribution in [3.8, 4) is 0 Å². The van der Waals surface area contributed by atoms with Crippen LogP contribution in [0.1, 0.15) is 96.2 Å². The molecular weight excluding hydrogens is 372 g/mol. The minimum absolute atomic E-state index is 0.171. The normalized spacial score (nSPS) is 16.3. The molecule has 29 heavy (non-hydrogen) atoms. The summed E-state index contributed by atoms with van der Waals surface area (Å²) in [4.78, 5) is 28.1. The third-order valence-electron chi connectivity index (χ3n) is 5.19. The molecule has 0 aliphatic heterocycles. The Morgan fingerprint density at radius 1 is 1.24 bits per heavy atom. The Morgan fingerprint density at radius 3 is 2.62 bits per heavy atom. The van der Waals surface area contributed by atoms with E-state index in [0.29, 0.717) is 11.7 Å². The second kappa shape index (κ2) is 11.2. The summed E-state index contributed by atoms with van der Waals surface area (Å²) in [6.45, 7) is 5.75. The second-order valence-electron chi connectivity index (χ2n) is 8.90. The summed E-state index contributed by atoms with van der Waals surface area (Å²) in [7, 11) is 1.54. The number of nitrogens with one attached hydrogen (secondary N) is 2. The van der Waals surface area contributed by atoms with Crippen molar-refractivity contribution in [3.63, 3.8) is 0 Å². The molecule has 1 aliphatic rings. The molecule has 0 radical (unpaired) electrons. The molecule has 1 unspecified atom stereocenters. The van der Waals surface area contributed by atoms with Crippen LogP contribution in [-0.4, -0.2) is 34.8 Å². The predicted molar refractivity (Wildman–Crippen MR) is 109 cm³/mol. The number of nitrogens with zero attached hydrogens (tertiary/aromatic N) is 2. The Kier molecular flexibility index (Phi) is 8.92. The Labute approximate surface area is 173 Å². The maximum absolute atomic E-state index is 12.4. The highest BCUT2D eigenvalue weighted by atomic mass is 16.6. The Balaban J connectivity index is 1.96. The molecule has 1 aromatic rings. The van der Waals surface area contributed by atoms with E-state index in [0.717, 1.165) is 18.8 Å². The van der Waals surface area contributed by atoms with Gasteiger partial charge in [0.25, 0.3) is 0 Å². The number of hydrogen-bond donors (Lipinski definition) is 2. The molecule has 164 valence electrons. The van der Waals surface area contributed by atoms with Gasteiger partial charge in [-0.25, -0.2) is 4.79 Å². The predicted octanol–water partition coefficient (Wildman–Crippen LogP) is 4.06. The maximum Gasteiger partial charge on any atom is 0.314 e. The number of rotatable bonds is 9. The van der Waals surface area contributed by atoms with Crippen molar-refractivity contribution in [1.29, 1.82) is 0 Å². The van der Waals surface area contributed by atoms with E-state index in [9.17, 15) is 9.59 Å². The molecule has 2 rings (SSSR count). The average Bonchev–Trinajstić information content (AvgIpc) is 3.13. The summed E-state index contributed by atoms with van der Waals surface area (Å²) in [5.74, 6) is 1.19. The minimum atomic E-state index is -0.527. The van der Waals surface area contributed by atoms with Crippen molar-refractivity contribution in [3.05, 3.63) is 11.7 Å². The van der Waals surface area contributed by atoms with E-state index in [4.69, 9.17) is 9.26 Å². The molecule has 1 heterocycles. The van der Waals surface area contributed by atoms with Crippen LogP contribution in [0.3, 0.4) is 0 Å². The van der Waals surface area contributed by atoms with Gasteiger partial charge in [-0.2, -0.15) is 4.98 Å². The molecule has 1 aliphatic carbocycles. The van der Waals surface area contributed by atoms with E-state index in [-0.39, 0.29) is 30.9 Å². The quantitative estimate of drug-likeness (QED) is 0.597. The van der Waals surface area contributed by atoms with E-state index in [1.165, 1.54) is 38.5 Å². The summed E-state index contributed by atoms with van der Waals surface area (Å²) >= 11 is 0. The first-order chi connectivity index (χ1) is 13.8. The van der Waals surface area contributed by atoms with Crippen molar-refractivity contribution < 1.29 is 18.8 Å². The zero-order chi connectivity index (χ0) is 21.3. The fraction of sp³-hybridized carbons (Fsp3) is 0.810. The largest absolute Gasteiger partial charge is 0.460 e. The smallest absolute Gasteiger partial charge is 0.314 e. The van der Waals surface area contributed by atoms with Gasteiger partial charge < -0.3 is 19.9 Å². The van der Waals surface area contributed by atoms with Crippen molar-refractivity contribution in [2.75, 3.05) is 7.05 Å². The van der Waals surface area contributed by atoms with Gasteiger partial charge in [0, 0.05) is 13.0 Å². The standard InChI is InChI=1S/C21H36N4O4/c1-21(2,3)28-18(26)13-16(12-8-11-15-9-6-5-7-10-15)19-24-17(25-29-19)14-23-20(27)22-4/h15-16H,5-14H2,1-4H3,(H2,22,23,27). The van der Waals surface area contributed by atoms with Crippen LogP contribution in [0, 0.1) is 5.92 Å². The Hall–Kier alpha value is -2.12. The van der Waals surface area contributed by atoms with Crippen LogP contribution in [0.5, 0.6) is 0 Å². The van der Waals surface area contributed by atoms with Crippen LogP contribution in [0.15, 0.2) is 4.52 Å². The summed E-state index contributed by atoms with van der Waals surface area (Å²) < 4.78 is 10.9. The van der Waals surface area contributed by atoms with Crippen LogP contribution in [0.4, 0.5) is 4.79 Å². The Morgan fingerprint density at radius 2 is 1.97 bits per heavy atom. The average molecular weight is 409 g/mol. The fourth-order valence-corrected chi connectivity index (χ4v) is 3.78. The molecule has 2 N–H and O–H groups in total. The van der Waals surface area contributed by atoms with Gasteiger partial charge in [-0.3, -0.25) is 4.79 Å². The highest BCUT2D eigenvalue weighted by Crippen LogP contribution is 2.31. The van der Waals surface area contributed by atoms with E-state index in [1.54, 1.807) is 7.05 Å². The van der Waals surface area contributed by atoms with Crippen LogP contribution >= 0.6 is 0 Å². The SMILES string of the molecule is CNC(=O)NCc1noc(C(CCCC2CCCCC2)CC(=O)OC(C)(C)C)n1.